The molecule has 0 radical (unpaired) electrons. The molecule has 2 aromatic carbocycles. The minimum absolute atomic E-state index is 0.767. The first-order chi connectivity index (χ1) is 17.7. The molecular formula is C35H52O. The topological polar surface area (TPSA) is 9.23 Å². The number of hydrogen-bond acceptors (Lipinski definition) is 1. The van der Waals surface area contributed by atoms with E-state index < -0.39 is 0 Å². The van der Waals surface area contributed by atoms with E-state index in [0.717, 1.165) is 36.0 Å². The lowest BCUT2D eigenvalue weighted by Gasteiger charge is -2.28. The minimum Gasteiger partial charge on any atom is -0.494 e. The highest BCUT2D eigenvalue weighted by molar-refractivity contribution is 5.64. The molecule has 2 aliphatic carbocycles. The van der Waals surface area contributed by atoms with Gasteiger partial charge in [0, 0.05) is 0 Å². The SMILES string of the molecule is CCCCCC1CCC(CCCOc2ccc(-c3ccc(C4CCC(CCC)CC4)cc3)cc2)CC1. The summed E-state index contributed by atoms with van der Waals surface area (Å²) >= 11 is 0. The van der Waals surface area contributed by atoms with Gasteiger partial charge in [-0.05, 0) is 91.0 Å². The fourth-order valence-corrected chi connectivity index (χ4v) is 6.94. The van der Waals surface area contributed by atoms with E-state index in [1.165, 1.54) is 114 Å². The Morgan fingerprint density at radius 2 is 1.08 bits per heavy atom. The highest BCUT2D eigenvalue weighted by atomic mass is 16.5. The Hall–Kier alpha value is -1.76. The van der Waals surface area contributed by atoms with Gasteiger partial charge in [-0.2, -0.15) is 0 Å². The Morgan fingerprint density at radius 3 is 1.67 bits per heavy atom. The third kappa shape index (κ3) is 8.39. The van der Waals surface area contributed by atoms with Crippen LogP contribution in [0.25, 0.3) is 11.1 Å². The fourth-order valence-electron chi connectivity index (χ4n) is 6.94. The van der Waals surface area contributed by atoms with Gasteiger partial charge in [-0.3, -0.25) is 0 Å². The molecule has 198 valence electrons. The van der Waals surface area contributed by atoms with E-state index in [9.17, 15) is 0 Å². The highest BCUT2D eigenvalue weighted by Gasteiger charge is 2.22. The van der Waals surface area contributed by atoms with Crippen LogP contribution in [0, 0.1) is 17.8 Å². The van der Waals surface area contributed by atoms with E-state index in [4.69, 9.17) is 4.74 Å². The summed E-state index contributed by atoms with van der Waals surface area (Å²) in [5, 5.41) is 0. The first kappa shape index (κ1) is 27.3. The maximum absolute atomic E-state index is 6.10. The van der Waals surface area contributed by atoms with Crippen molar-refractivity contribution < 1.29 is 4.74 Å². The third-order valence-electron chi connectivity index (χ3n) is 9.32. The summed E-state index contributed by atoms with van der Waals surface area (Å²) in [5.41, 5.74) is 4.14. The van der Waals surface area contributed by atoms with Crippen molar-refractivity contribution >= 4 is 0 Å². The lowest BCUT2D eigenvalue weighted by molar-refractivity contribution is 0.228. The normalized spacial score (nSPS) is 24.5. The monoisotopic (exact) mass is 488 g/mol. The van der Waals surface area contributed by atoms with Crippen LogP contribution in [0.2, 0.25) is 0 Å². The van der Waals surface area contributed by atoms with Gasteiger partial charge in [0.15, 0.2) is 0 Å². The second-order valence-corrected chi connectivity index (χ2v) is 12.0. The van der Waals surface area contributed by atoms with Gasteiger partial charge >= 0.3 is 0 Å². The molecule has 0 atom stereocenters. The number of hydrogen-bond donors (Lipinski definition) is 0. The quantitative estimate of drug-likeness (QED) is 0.255. The van der Waals surface area contributed by atoms with Gasteiger partial charge in [0.1, 0.15) is 5.75 Å². The zero-order valence-electron chi connectivity index (χ0n) is 23.4. The molecule has 4 rings (SSSR count). The van der Waals surface area contributed by atoms with Gasteiger partial charge in [-0.15, -0.1) is 0 Å². The number of benzene rings is 2. The molecule has 0 aromatic heterocycles. The molecule has 0 spiro atoms. The second kappa shape index (κ2) is 14.8. The Balaban J connectivity index is 1.14. The van der Waals surface area contributed by atoms with Gasteiger partial charge in [0.25, 0.3) is 0 Å². The second-order valence-electron chi connectivity index (χ2n) is 12.0. The maximum Gasteiger partial charge on any atom is 0.119 e. The molecule has 2 aliphatic rings. The van der Waals surface area contributed by atoms with Crippen molar-refractivity contribution in [3.63, 3.8) is 0 Å². The minimum atomic E-state index is 0.767. The van der Waals surface area contributed by atoms with Crippen LogP contribution in [0.5, 0.6) is 5.75 Å². The Kier molecular flexibility index (Phi) is 11.3. The molecule has 2 fully saturated rings. The van der Waals surface area contributed by atoms with Crippen molar-refractivity contribution in [3.8, 4) is 16.9 Å². The molecule has 0 amide bonds. The van der Waals surface area contributed by atoms with Crippen LogP contribution < -0.4 is 4.74 Å². The smallest absolute Gasteiger partial charge is 0.119 e. The Morgan fingerprint density at radius 1 is 0.556 bits per heavy atom. The van der Waals surface area contributed by atoms with E-state index >= 15 is 0 Å². The van der Waals surface area contributed by atoms with Gasteiger partial charge in [0.2, 0.25) is 0 Å². The summed E-state index contributed by atoms with van der Waals surface area (Å²) < 4.78 is 6.10. The van der Waals surface area contributed by atoms with Crippen LogP contribution >= 0.6 is 0 Å². The highest BCUT2D eigenvalue weighted by Crippen LogP contribution is 2.38. The van der Waals surface area contributed by atoms with Crippen molar-refractivity contribution in [2.45, 2.75) is 122 Å². The molecule has 0 heterocycles. The molecule has 0 N–H and O–H groups in total. The van der Waals surface area contributed by atoms with E-state index in [2.05, 4.69) is 62.4 Å². The number of rotatable bonds is 13. The summed E-state index contributed by atoms with van der Waals surface area (Å²) in [6.45, 7) is 5.49. The average molecular weight is 489 g/mol. The van der Waals surface area contributed by atoms with Crippen LogP contribution in [0.1, 0.15) is 128 Å². The van der Waals surface area contributed by atoms with E-state index in [1.54, 1.807) is 5.56 Å². The molecule has 0 saturated heterocycles. The standard InChI is InChI=1S/C35H52O/c1-3-5-6-9-29-11-13-30(14-12-29)10-7-27-36-35-25-23-34(24-26-35)33-21-19-32(20-22-33)31-17-15-28(8-4-2)16-18-31/h19-26,28-31H,3-18,27H2,1-2H3. The predicted octanol–water partition coefficient (Wildman–Crippen LogP) is 11.0. The molecule has 36 heavy (non-hydrogen) atoms. The molecule has 0 bridgehead atoms. The van der Waals surface area contributed by atoms with E-state index in [0.29, 0.717) is 0 Å². The molecule has 2 aromatic rings. The lowest BCUT2D eigenvalue weighted by Crippen LogP contribution is -2.15. The van der Waals surface area contributed by atoms with Crippen molar-refractivity contribution in [2.75, 3.05) is 6.61 Å². The summed E-state index contributed by atoms with van der Waals surface area (Å²) in [4.78, 5) is 0. The average Bonchev–Trinajstić information content (AvgIpc) is 2.93. The Bertz CT molecular complexity index is 835. The van der Waals surface area contributed by atoms with Crippen molar-refractivity contribution in [1.82, 2.24) is 0 Å². The zero-order valence-corrected chi connectivity index (χ0v) is 23.4. The van der Waals surface area contributed by atoms with Crippen LogP contribution in [0.4, 0.5) is 0 Å². The van der Waals surface area contributed by atoms with Crippen LogP contribution in [0.3, 0.4) is 0 Å². The maximum atomic E-state index is 6.10. The summed E-state index contributed by atoms with van der Waals surface area (Å²) in [6, 6.07) is 18.1. The zero-order chi connectivity index (χ0) is 25.0. The van der Waals surface area contributed by atoms with E-state index in [1.807, 2.05) is 0 Å². The van der Waals surface area contributed by atoms with Crippen molar-refractivity contribution in [1.29, 1.82) is 0 Å². The van der Waals surface area contributed by atoms with Crippen LogP contribution in [-0.4, -0.2) is 6.61 Å². The van der Waals surface area contributed by atoms with E-state index in [-0.39, 0.29) is 0 Å². The van der Waals surface area contributed by atoms with Gasteiger partial charge < -0.3 is 4.74 Å². The van der Waals surface area contributed by atoms with Crippen LogP contribution in [0.15, 0.2) is 48.5 Å². The van der Waals surface area contributed by atoms with Gasteiger partial charge in [-0.1, -0.05) is 114 Å². The first-order valence-corrected chi connectivity index (χ1v) is 15.6. The number of unbranched alkanes of at least 4 members (excludes halogenated alkanes) is 2. The molecule has 0 unspecified atom stereocenters. The van der Waals surface area contributed by atoms with Crippen LogP contribution in [-0.2, 0) is 0 Å². The molecule has 1 heteroatoms. The lowest BCUT2D eigenvalue weighted by atomic mass is 9.77. The van der Waals surface area contributed by atoms with Crippen molar-refractivity contribution in [3.05, 3.63) is 54.1 Å². The molecule has 1 nitrogen and oxygen atoms in total. The number of ether oxygens (including phenoxy) is 1. The summed E-state index contributed by atoms with van der Waals surface area (Å²) in [5.74, 6) is 4.71. The Labute approximate surface area is 222 Å². The molecule has 0 aliphatic heterocycles. The summed E-state index contributed by atoms with van der Waals surface area (Å²) in [7, 11) is 0. The predicted molar refractivity (Wildman–Crippen MR) is 156 cm³/mol. The summed E-state index contributed by atoms with van der Waals surface area (Å²) in [6.07, 6.45) is 22.4. The largest absolute Gasteiger partial charge is 0.494 e. The van der Waals surface area contributed by atoms with Crippen molar-refractivity contribution in [2.24, 2.45) is 17.8 Å². The first-order valence-electron chi connectivity index (χ1n) is 15.6. The fraction of sp³-hybridized carbons (Fsp3) is 0.657. The third-order valence-corrected chi connectivity index (χ3v) is 9.32. The molecule has 2 saturated carbocycles. The van der Waals surface area contributed by atoms with Gasteiger partial charge in [-0.25, -0.2) is 0 Å². The molecular weight excluding hydrogens is 436 g/mol. The van der Waals surface area contributed by atoms with Gasteiger partial charge in [0.05, 0.1) is 6.61 Å².